The first kappa shape index (κ1) is 23.3. The van der Waals surface area contributed by atoms with E-state index in [1.54, 1.807) is 0 Å². The van der Waals surface area contributed by atoms with Crippen molar-refractivity contribution in [2.24, 2.45) is 16.3 Å². The van der Waals surface area contributed by atoms with E-state index in [-0.39, 0.29) is 36.1 Å². The fourth-order valence-electron chi connectivity index (χ4n) is 3.65. The molecule has 1 spiro atoms. The van der Waals surface area contributed by atoms with E-state index in [9.17, 15) is 4.79 Å². The molecule has 152 valence electrons. The van der Waals surface area contributed by atoms with Crippen molar-refractivity contribution < 1.29 is 9.53 Å². The Hall–Kier alpha value is -0.730. The molecule has 7 heteroatoms. The normalized spacial score (nSPS) is 20.4. The summed E-state index contributed by atoms with van der Waals surface area (Å²) in [5, 5.41) is 6.44. The van der Waals surface area contributed by atoms with Gasteiger partial charge < -0.3 is 20.3 Å². The van der Waals surface area contributed by atoms with E-state index in [1.165, 1.54) is 25.7 Å². The molecular weight excluding hydrogens is 443 g/mol. The lowest BCUT2D eigenvalue weighted by Gasteiger charge is -2.38. The molecule has 1 saturated carbocycles. The van der Waals surface area contributed by atoms with Gasteiger partial charge in [0.05, 0.1) is 6.04 Å². The molecule has 2 fully saturated rings. The van der Waals surface area contributed by atoms with Gasteiger partial charge in [-0.25, -0.2) is 4.79 Å². The first-order valence-electron chi connectivity index (χ1n) is 9.59. The lowest BCUT2D eigenvalue weighted by atomic mass is 9.68. The SMILES string of the molecule is CN=C(NCC(NC(=O)OC(C)(C)C)C(C)C)N1CCC2(CCC2)C1.I. The number of hydrogen-bond acceptors (Lipinski definition) is 3. The quantitative estimate of drug-likeness (QED) is 0.367. The summed E-state index contributed by atoms with van der Waals surface area (Å²) >= 11 is 0. The average molecular weight is 480 g/mol. The predicted octanol–water partition coefficient (Wildman–Crippen LogP) is 3.61. The van der Waals surface area contributed by atoms with E-state index in [4.69, 9.17) is 4.74 Å². The van der Waals surface area contributed by atoms with Gasteiger partial charge in [0.2, 0.25) is 0 Å². The highest BCUT2D eigenvalue weighted by Gasteiger charge is 2.43. The number of hydrogen-bond donors (Lipinski definition) is 2. The Balaban J connectivity index is 0.00000338. The molecule has 0 bridgehead atoms. The van der Waals surface area contributed by atoms with Crippen LogP contribution in [-0.2, 0) is 4.74 Å². The minimum Gasteiger partial charge on any atom is -0.444 e. The molecule has 0 aromatic rings. The van der Waals surface area contributed by atoms with E-state index < -0.39 is 5.60 Å². The van der Waals surface area contributed by atoms with Crippen molar-refractivity contribution in [3.63, 3.8) is 0 Å². The summed E-state index contributed by atoms with van der Waals surface area (Å²) in [6.45, 7) is 12.7. The number of alkyl carbamates (subject to hydrolysis) is 1. The summed E-state index contributed by atoms with van der Waals surface area (Å²) in [6.07, 6.45) is 4.99. The standard InChI is InChI=1S/C19H36N4O2.HI/c1-14(2)15(22-17(24)25-18(3,4)5)12-21-16(20-6)23-11-10-19(13-23)8-7-9-19;/h14-15H,7-13H2,1-6H3,(H,20,21)(H,22,24);1H. The molecule has 1 aliphatic carbocycles. The zero-order valence-electron chi connectivity index (χ0n) is 17.2. The molecule has 0 aromatic carbocycles. The molecule has 2 rings (SSSR count). The second-order valence-electron chi connectivity index (χ2n) is 8.95. The number of rotatable bonds is 4. The van der Waals surface area contributed by atoms with Gasteiger partial charge in [0.25, 0.3) is 0 Å². The zero-order chi connectivity index (χ0) is 18.7. The molecule has 1 amide bonds. The van der Waals surface area contributed by atoms with Crippen LogP contribution in [0.25, 0.3) is 0 Å². The third kappa shape index (κ3) is 6.46. The Morgan fingerprint density at radius 1 is 1.27 bits per heavy atom. The van der Waals surface area contributed by atoms with Crippen LogP contribution in [0.15, 0.2) is 4.99 Å². The molecule has 2 aliphatic rings. The molecule has 0 aromatic heterocycles. The van der Waals surface area contributed by atoms with E-state index in [1.807, 2.05) is 27.8 Å². The maximum atomic E-state index is 12.1. The largest absolute Gasteiger partial charge is 0.444 e. The number of nitrogens with one attached hydrogen (secondary N) is 2. The number of likely N-dealkylation sites (tertiary alicyclic amines) is 1. The number of nitrogens with zero attached hydrogens (tertiary/aromatic N) is 2. The van der Waals surface area contributed by atoms with Crippen LogP contribution in [0, 0.1) is 11.3 Å². The third-order valence-electron chi connectivity index (χ3n) is 5.35. The first-order valence-corrected chi connectivity index (χ1v) is 9.59. The van der Waals surface area contributed by atoms with Gasteiger partial charge in [-0.2, -0.15) is 0 Å². The highest BCUT2D eigenvalue weighted by Crippen LogP contribution is 2.47. The van der Waals surface area contributed by atoms with Crippen molar-refractivity contribution in [2.45, 2.75) is 71.9 Å². The summed E-state index contributed by atoms with van der Waals surface area (Å²) < 4.78 is 5.38. The fourth-order valence-corrected chi connectivity index (χ4v) is 3.65. The zero-order valence-corrected chi connectivity index (χ0v) is 19.6. The van der Waals surface area contributed by atoms with Gasteiger partial charge in [-0.05, 0) is 51.4 Å². The summed E-state index contributed by atoms with van der Waals surface area (Å²) in [5.41, 5.74) is 0.0611. The smallest absolute Gasteiger partial charge is 0.407 e. The minimum atomic E-state index is -0.484. The third-order valence-corrected chi connectivity index (χ3v) is 5.35. The molecule has 1 atom stereocenters. The second-order valence-corrected chi connectivity index (χ2v) is 8.95. The predicted molar refractivity (Wildman–Crippen MR) is 117 cm³/mol. The highest BCUT2D eigenvalue weighted by atomic mass is 127. The van der Waals surface area contributed by atoms with Crippen molar-refractivity contribution in [1.82, 2.24) is 15.5 Å². The summed E-state index contributed by atoms with van der Waals surface area (Å²) in [5.74, 6) is 1.25. The maximum absolute atomic E-state index is 12.1. The van der Waals surface area contributed by atoms with Crippen LogP contribution < -0.4 is 10.6 Å². The topological polar surface area (TPSA) is 66.0 Å². The fraction of sp³-hybridized carbons (Fsp3) is 0.895. The minimum absolute atomic E-state index is 0. The molecule has 1 heterocycles. The molecular formula is C19H37IN4O2. The van der Waals surface area contributed by atoms with Crippen molar-refractivity contribution in [2.75, 3.05) is 26.7 Å². The van der Waals surface area contributed by atoms with Crippen LogP contribution in [0.2, 0.25) is 0 Å². The van der Waals surface area contributed by atoms with Gasteiger partial charge in [0.1, 0.15) is 5.60 Å². The number of guanidine groups is 1. The number of aliphatic imine (C=N–C) groups is 1. The average Bonchev–Trinajstić information content (AvgIpc) is 2.90. The van der Waals surface area contributed by atoms with Gasteiger partial charge in [-0.15, -0.1) is 24.0 Å². The Bertz CT molecular complexity index is 498. The second kappa shape index (κ2) is 9.46. The monoisotopic (exact) mass is 480 g/mol. The van der Waals surface area contributed by atoms with Crippen molar-refractivity contribution in [3.05, 3.63) is 0 Å². The molecule has 0 radical (unpaired) electrons. The van der Waals surface area contributed by atoms with Crippen LogP contribution in [0.3, 0.4) is 0 Å². The number of amides is 1. The van der Waals surface area contributed by atoms with E-state index >= 15 is 0 Å². The number of carbonyl (C=O) groups is 1. The van der Waals surface area contributed by atoms with Crippen molar-refractivity contribution >= 4 is 36.0 Å². The molecule has 1 aliphatic heterocycles. The van der Waals surface area contributed by atoms with Crippen LogP contribution in [0.4, 0.5) is 4.79 Å². The van der Waals surface area contributed by atoms with E-state index in [0.717, 1.165) is 19.0 Å². The lowest BCUT2D eigenvalue weighted by Crippen LogP contribution is -2.51. The molecule has 2 N–H and O–H groups in total. The van der Waals surface area contributed by atoms with Gasteiger partial charge in [0, 0.05) is 26.7 Å². The van der Waals surface area contributed by atoms with Crippen LogP contribution in [0.1, 0.15) is 60.3 Å². The summed E-state index contributed by atoms with van der Waals surface area (Å²) in [4.78, 5) is 18.9. The van der Waals surface area contributed by atoms with Crippen molar-refractivity contribution in [3.8, 4) is 0 Å². The number of halogens is 1. The highest BCUT2D eigenvalue weighted by molar-refractivity contribution is 14.0. The Kier molecular flexibility index (Phi) is 8.48. The van der Waals surface area contributed by atoms with Crippen LogP contribution >= 0.6 is 24.0 Å². The molecule has 6 nitrogen and oxygen atoms in total. The van der Waals surface area contributed by atoms with E-state index in [0.29, 0.717) is 17.9 Å². The Morgan fingerprint density at radius 3 is 2.35 bits per heavy atom. The van der Waals surface area contributed by atoms with E-state index in [2.05, 4.69) is 34.4 Å². The summed E-state index contributed by atoms with van der Waals surface area (Å²) in [6, 6.07) is -0.00753. The van der Waals surface area contributed by atoms with Crippen molar-refractivity contribution in [1.29, 1.82) is 0 Å². The van der Waals surface area contributed by atoms with Gasteiger partial charge in [-0.3, -0.25) is 4.99 Å². The maximum Gasteiger partial charge on any atom is 0.407 e. The van der Waals surface area contributed by atoms with Crippen LogP contribution in [0.5, 0.6) is 0 Å². The van der Waals surface area contributed by atoms with Gasteiger partial charge in [-0.1, -0.05) is 20.3 Å². The summed E-state index contributed by atoms with van der Waals surface area (Å²) in [7, 11) is 1.83. The Morgan fingerprint density at radius 2 is 1.92 bits per heavy atom. The molecule has 26 heavy (non-hydrogen) atoms. The number of carbonyl (C=O) groups excluding carboxylic acids is 1. The Labute approximate surface area is 175 Å². The van der Waals surface area contributed by atoms with Gasteiger partial charge >= 0.3 is 6.09 Å². The molecule has 1 unspecified atom stereocenters. The van der Waals surface area contributed by atoms with Gasteiger partial charge in [0.15, 0.2) is 5.96 Å². The first-order chi connectivity index (χ1) is 11.6. The van der Waals surface area contributed by atoms with Crippen LogP contribution in [-0.4, -0.2) is 55.3 Å². The number of ether oxygens (including phenoxy) is 1. The lowest BCUT2D eigenvalue weighted by molar-refractivity contribution is 0.0491. The molecule has 1 saturated heterocycles.